The van der Waals surface area contributed by atoms with Crippen LogP contribution in [0.25, 0.3) is 11.1 Å². The average molecular weight is 424 g/mol. The molecule has 0 aliphatic carbocycles. The summed E-state index contributed by atoms with van der Waals surface area (Å²) in [5.74, 6) is -0.952. The molecule has 0 saturated heterocycles. The van der Waals surface area contributed by atoms with Gasteiger partial charge in [0.15, 0.2) is 0 Å². The highest BCUT2D eigenvalue weighted by Crippen LogP contribution is 2.34. The Kier molecular flexibility index (Phi) is 6.80. The number of carboxylic acid groups (broad SMARTS) is 1. The molecule has 3 rings (SSSR count). The maximum Gasteiger partial charge on any atom is 0.306 e. The second-order valence-corrected chi connectivity index (χ2v) is 7.47. The molecule has 5 nitrogen and oxygen atoms in total. The van der Waals surface area contributed by atoms with E-state index >= 15 is 0 Å². The van der Waals surface area contributed by atoms with Gasteiger partial charge < -0.3 is 19.7 Å². The minimum Gasteiger partial charge on any atom is -0.507 e. The second kappa shape index (κ2) is 9.51. The first-order valence-corrected chi connectivity index (χ1v) is 9.91. The van der Waals surface area contributed by atoms with Gasteiger partial charge in [-0.25, -0.2) is 4.39 Å². The van der Waals surface area contributed by atoms with Gasteiger partial charge in [0.1, 0.15) is 29.7 Å². The molecule has 0 amide bonds. The molecule has 3 aromatic rings. The molecule has 2 atom stereocenters. The number of rotatable bonds is 8. The number of methoxy groups -OCH3 is 1. The number of hydrogen-bond acceptors (Lipinski definition) is 4. The fourth-order valence-corrected chi connectivity index (χ4v) is 3.29. The Balaban J connectivity index is 1.75. The van der Waals surface area contributed by atoms with Crippen LogP contribution in [0.15, 0.2) is 60.7 Å². The van der Waals surface area contributed by atoms with Gasteiger partial charge in [0.2, 0.25) is 0 Å². The van der Waals surface area contributed by atoms with E-state index in [1.165, 1.54) is 31.4 Å². The van der Waals surface area contributed by atoms with Crippen LogP contribution in [-0.4, -0.2) is 23.3 Å². The monoisotopic (exact) mass is 424 g/mol. The Hall–Kier alpha value is -3.54. The number of carbonyl (C=O) groups is 1. The summed E-state index contributed by atoms with van der Waals surface area (Å²) in [5, 5.41) is 19.7. The second-order valence-electron chi connectivity index (χ2n) is 7.47. The summed E-state index contributed by atoms with van der Waals surface area (Å²) in [6.07, 6.45) is 0. The lowest BCUT2D eigenvalue weighted by Crippen LogP contribution is -2.16. The molecule has 162 valence electrons. The van der Waals surface area contributed by atoms with Crippen molar-refractivity contribution in [3.8, 4) is 28.4 Å². The van der Waals surface area contributed by atoms with Crippen molar-refractivity contribution >= 4 is 5.97 Å². The highest BCUT2D eigenvalue weighted by Gasteiger charge is 2.21. The average Bonchev–Trinajstić information content (AvgIpc) is 2.77. The van der Waals surface area contributed by atoms with E-state index in [-0.39, 0.29) is 23.8 Å². The molecule has 1 unspecified atom stereocenters. The summed E-state index contributed by atoms with van der Waals surface area (Å²) >= 11 is 0. The quantitative estimate of drug-likeness (QED) is 0.492. The zero-order chi connectivity index (χ0) is 22.5. The smallest absolute Gasteiger partial charge is 0.306 e. The van der Waals surface area contributed by atoms with Gasteiger partial charge in [0.25, 0.3) is 0 Å². The lowest BCUT2D eigenvalue weighted by atomic mass is 9.89. The number of ether oxygens (including phenoxy) is 2. The molecule has 3 aromatic carbocycles. The molecule has 31 heavy (non-hydrogen) atoms. The lowest BCUT2D eigenvalue weighted by molar-refractivity contribution is -0.141. The highest BCUT2D eigenvalue weighted by atomic mass is 19.1. The number of halogens is 1. The largest absolute Gasteiger partial charge is 0.507 e. The summed E-state index contributed by atoms with van der Waals surface area (Å²) in [5.41, 5.74) is 2.19. The summed E-state index contributed by atoms with van der Waals surface area (Å²) in [6, 6.07) is 16.6. The molecular weight excluding hydrogens is 399 g/mol. The van der Waals surface area contributed by atoms with E-state index in [1.807, 2.05) is 25.1 Å². The predicted molar refractivity (Wildman–Crippen MR) is 116 cm³/mol. The van der Waals surface area contributed by atoms with Crippen LogP contribution in [0.4, 0.5) is 4.39 Å². The number of aromatic hydroxyl groups is 1. The molecule has 0 aliphatic heterocycles. The van der Waals surface area contributed by atoms with Crippen LogP contribution >= 0.6 is 0 Å². The maximum absolute atomic E-state index is 14.2. The summed E-state index contributed by atoms with van der Waals surface area (Å²) in [6.45, 7) is 3.74. The van der Waals surface area contributed by atoms with Crippen LogP contribution in [0.3, 0.4) is 0 Å². The van der Waals surface area contributed by atoms with Crippen LogP contribution in [0, 0.1) is 11.7 Å². The third kappa shape index (κ3) is 5.15. The van der Waals surface area contributed by atoms with Crippen molar-refractivity contribution in [3.63, 3.8) is 0 Å². The summed E-state index contributed by atoms with van der Waals surface area (Å²) in [4.78, 5) is 11.2. The Morgan fingerprint density at radius 3 is 2.45 bits per heavy atom. The molecule has 6 heteroatoms. The third-order valence-electron chi connectivity index (χ3n) is 5.45. The fourth-order valence-electron chi connectivity index (χ4n) is 3.29. The van der Waals surface area contributed by atoms with Crippen molar-refractivity contribution in [2.75, 3.05) is 7.11 Å². The number of phenols is 1. The van der Waals surface area contributed by atoms with Gasteiger partial charge in [0, 0.05) is 11.1 Å². The van der Waals surface area contributed by atoms with Crippen molar-refractivity contribution in [1.82, 2.24) is 0 Å². The van der Waals surface area contributed by atoms with Gasteiger partial charge >= 0.3 is 5.97 Å². The van der Waals surface area contributed by atoms with Crippen LogP contribution < -0.4 is 9.47 Å². The maximum atomic E-state index is 14.2. The van der Waals surface area contributed by atoms with E-state index in [0.717, 1.165) is 5.56 Å². The number of carboxylic acids is 1. The van der Waals surface area contributed by atoms with Gasteiger partial charge in [-0.2, -0.15) is 0 Å². The van der Waals surface area contributed by atoms with Crippen LogP contribution in [0.5, 0.6) is 17.2 Å². The third-order valence-corrected chi connectivity index (χ3v) is 5.45. The summed E-state index contributed by atoms with van der Waals surface area (Å²) in [7, 11) is 1.50. The first kappa shape index (κ1) is 22.2. The topological polar surface area (TPSA) is 76.0 Å². The molecule has 0 spiro atoms. The van der Waals surface area contributed by atoms with Crippen molar-refractivity contribution < 1.29 is 28.9 Å². The van der Waals surface area contributed by atoms with Crippen LogP contribution in [0.2, 0.25) is 0 Å². The van der Waals surface area contributed by atoms with Gasteiger partial charge in [-0.1, -0.05) is 38.1 Å². The molecule has 0 heterocycles. The molecular formula is C25H25FO5. The summed E-state index contributed by atoms with van der Waals surface area (Å²) < 4.78 is 25.2. The van der Waals surface area contributed by atoms with Crippen molar-refractivity contribution in [2.24, 2.45) is 5.92 Å². The lowest BCUT2D eigenvalue weighted by Gasteiger charge is -2.17. The first-order chi connectivity index (χ1) is 14.8. The molecule has 2 N–H and O–H groups in total. The number of benzene rings is 3. The van der Waals surface area contributed by atoms with Gasteiger partial charge in [-0.05, 0) is 53.4 Å². The van der Waals surface area contributed by atoms with E-state index in [4.69, 9.17) is 9.47 Å². The molecule has 0 radical (unpaired) electrons. The first-order valence-electron chi connectivity index (χ1n) is 9.91. The van der Waals surface area contributed by atoms with Crippen molar-refractivity contribution in [3.05, 3.63) is 77.6 Å². The fraction of sp³-hybridized carbons (Fsp3) is 0.240. The van der Waals surface area contributed by atoms with Gasteiger partial charge in [0.05, 0.1) is 13.0 Å². The van der Waals surface area contributed by atoms with E-state index in [0.29, 0.717) is 22.6 Å². The molecule has 0 fully saturated rings. The molecule has 0 saturated carbocycles. The van der Waals surface area contributed by atoms with Gasteiger partial charge in [-0.3, -0.25) is 4.79 Å². The Morgan fingerprint density at radius 1 is 1.00 bits per heavy atom. The standard InChI is InChI=1S/C25H25FO5/c1-15(16(2)25(28)29)18-5-4-6-20(12-18)31-14-17-7-9-21(24(27)11-17)22-13-19(30-3)8-10-23(22)26/h4-13,15-16,27H,14H2,1-3H3,(H,28,29)/t15-,16?/m1/s1. The number of hydrogen-bond donors (Lipinski definition) is 2. The number of phenolic OH excluding ortho intramolecular Hbond substituents is 1. The van der Waals surface area contributed by atoms with E-state index < -0.39 is 17.7 Å². The van der Waals surface area contributed by atoms with Crippen LogP contribution in [-0.2, 0) is 11.4 Å². The van der Waals surface area contributed by atoms with Crippen molar-refractivity contribution in [1.29, 1.82) is 0 Å². The zero-order valence-corrected chi connectivity index (χ0v) is 17.6. The number of aliphatic carboxylic acids is 1. The van der Waals surface area contributed by atoms with Crippen molar-refractivity contribution in [2.45, 2.75) is 26.4 Å². The SMILES string of the molecule is COc1ccc(F)c(-c2ccc(COc3cccc([C@H](C)C(C)C(=O)O)c3)cc2O)c1. The van der Waals surface area contributed by atoms with E-state index in [9.17, 15) is 19.4 Å². The van der Waals surface area contributed by atoms with Gasteiger partial charge in [-0.15, -0.1) is 0 Å². The highest BCUT2D eigenvalue weighted by molar-refractivity contribution is 5.72. The normalized spacial score (nSPS) is 12.8. The minimum absolute atomic E-state index is 0.0640. The molecule has 0 aliphatic rings. The minimum atomic E-state index is -0.846. The predicted octanol–water partition coefficient (Wildman–Crippen LogP) is 5.61. The Morgan fingerprint density at radius 2 is 1.77 bits per heavy atom. The Bertz CT molecular complexity index is 1080. The molecule has 0 aromatic heterocycles. The van der Waals surface area contributed by atoms with Crippen LogP contribution in [0.1, 0.15) is 30.9 Å². The molecule has 0 bridgehead atoms. The Labute approximate surface area is 180 Å². The van der Waals surface area contributed by atoms with E-state index in [1.54, 1.807) is 25.1 Å². The van der Waals surface area contributed by atoms with E-state index in [2.05, 4.69) is 0 Å². The zero-order valence-electron chi connectivity index (χ0n) is 17.6.